The molecular weight excluding hydrogens is 352 g/mol. The van der Waals surface area contributed by atoms with Crippen LogP contribution in [0.3, 0.4) is 0 Å². The van der Waals surface area contributed by atoms with Gasteiger partial charge in [0.2, 0.25) is 10.0 Å². The number of para-hydroxylation sites is 1. The number of nitrogens with one attached hydrogen (secondary N) is 1. The van der Waals surface area contributed by atoms with Crippen molar-refractivity contribution in [3.05, 3.63) is 53.6 Å². The van der Waals surface area contributed by atoms with Crippen LogP contribution < -0.4 is 10.1 Å². The third-order valence-corrected chi connectivity index (χ3v) is 6.42. The minimum absolute atomic E-state index is 0.0272. The summed E-state index contributed by atoms with van der Waals surface area (Å²) in [7, 11) is -2.27. The first-order chi connectivity index (χ1) is 12.4. The molecule has 0 bridgehead atoms. The summed E-state index contributed by atoms with van der Waals surface area (Å²) in [5.74, 6) is -0.121. The summed E-state index contributed by atoms with van der Waals surface area (Å²) in [5.41, 5.74) is 1.89. The first kappa shape index (κ1) is 18.4. The molecule has 26 heavy (non-hydrogen) atoms. The highest BCUT2D eigenvalue weighted by molar-refractivity contribution is 7.89. The fourth-order valence-electron chi connectivity index (χ4n) is 2.99. The number of anilines is 1. The number of aryl methyl sites for hydroxylation is 1. The number of nitrogens with zero attached hydrogens (tertiary/aromatic N) is 1. The maximum atomic E-state index is 12.9. The van der Waals surface area contributed by atoms with Crippen molar-refractivity contribution in [3.63, 3.8) is 0 Å². The van der Waals surface area contributed by atoms with E-state index in [4.69, 9.17) is 4.74 Å². The van der Waals surface area contributed by atoms with Gasteiger partial charge in [0.1, 0.15) is 10.6 Å². The highest BCUT2D eigenvalue weighted by Crippen LogP contribution is 2.30. The Morgan fingerprint density at radius 1 is 1.12 bits per heavy atom. The van der Waals surface area contributed by atoms with Gasteiger partial charge in [0.05, 0.1) is 7.11 Å². The smallest absolute Gasteiger partial charge is 0.255 e. The van der Waals surface area contributed by atoms with Crippen molar-refractivity contribution in [1.82, 2.24) is 4.31 Å². The number of rotatable bonds is 5. The Morgan fingerprint density at radius 2 is 1.81 bits per heavy atom. The van der Waals surface area contributed by atoms with Crippen LogP contribution in [0, 0.1) is 6.92 Å². The van der Waals surface area contributed by atoms with Crippen molar-refractivity contribution in [1.29, 1.82) is 0 Å². The van der Waals surface area contributed by atoms with Crippen LogP contribution in [0.1, 0.15) is 28.8 Å². The summed E-state index contributed by atoms with van der Waals surface area (Å²) in [5, 5.41) is 2.82. The van der Waals surface area contributed by atoms with E-state index >= 15 is 0 Å². The third kappa shape index (κ3) is 3.59. The zero-order valence-electron chi connectivity index (χ0n) is 14.9. The number of methoxy groups -OCH3 is 1. The summed E-state index contributed by atoms with van der Waals surface area (Å²) in [6, 6.07) is 11.9. The van der Waals surface area contributed by atoms with E-state index < -0.39 is 10.0 Å². The molecule has 7 heteroatoms. The van der Waals surface area contributed by atoms with Gasteiger partial charge in [-0.05, 0) is 49.6 Å². The monoisotopic (exact) mass is 374 g/mol. The molecule has 2 aromatic carbocycles. The Hall–Kier alpha value is -2.38. The average molecular weight is 374 g/mol. The number of carbonyl (C=O) groups is 1. The summed E-state index contributed by atoms with van der Waals surface area (Å²) < 4.78 is 32.5. The Kier molecular flexibility index (Phi) is 5.29. The Morgan fingerprint density at radius 3 is 2.46 bits per heavy atom. The molecule has 0 atom stereocenters. The van der Waals surface area contributed by atoms with E-state index in [2.05, 4.69) is 5.32 Å². The molecule has 1 fully saturated rings. The molecule has 0 aromatic heterocycles. The summed E-state index contributed by atoms with van der Waals surface area (Å²) >= 11 is 0. The van der Waals surface area contributed by atoms with Crippen LogP contribution in [0.2, 0.25) is 0 Å². The summed E-state index contributed by atoms with van der Waals surface area (Å²) in [6.07, 6.45) is 1.68. The van der Waals surface area contributed by atoms with Crippen molar-refractivity contribution in [2.45, 2.75) is 24.7 Å². The molecule has 1 heterocycles. The van der Waals surface area contributed by atoms with Crippen LogP contribution in [0.15, 0.2) is 47.4 Å². The molecule has 0 aliphatic carbocycles. The van der Waals surface area contributed by atoms with Crippen molar-refractivity contribution in [3.8, 4) is 5.75 Å². The number of hydrogen-bond acceptors (Lipinski definition) is 4. The normalized spacial score (nSPS) is 15.0. The molecule has 2 aromatic rings. The van der Waals surface area contributed by atoms with Gasteiger partial charge in [-0.25, -0.2) is 8.42 Å². The highest BCUT2D eigenvalue weighted by Gasteiger charge is 2.30. The average Bonchev–Trinajstić information content (AvgIpc) is 3.18. The molecule has 138 valence electrons. The largest absolute Gasteiger partial charge is 0.495 e. The SMILES string of the molecule is COc1ccc(C(=O)Nc2ccccc2C)cc1S(=O)(=O)N1CCCC1. The summed E-state index contributed by atoms with van der Waals surface area (Å²) in [6.45, 7) is 2.88. The number of carbonyl (C=O) groups excluding carboxylic acids is 1. The number of sulfonamides is 1. The van der Waals surface area contributed by atoms with E-state index in [9.17, 15) is 13.2 Å². The van der Waals surface area contributed by atoms with Crippen LogP contribution in [0.4, 0.5) is 5.69 Å². The second-order valence-electron chi connectivity index (χ2n) is 6.25. The summed E-state index contributed by atoms with van der Waals surface area (Å²) in [4.78, 5) is 12.6. The first-order valence-corrected chi connectivity index (χ1v) is 9.92. The van der Waals surface area contributed by atoms with Crippen molar-refractivity contribution >= 4 is 21.6 Å². The second kappa shape index (κ2) is 7.47. The van der Waals surface area contributed by atoms with Crippen LogP contribution in [0.5, 0.6) is 5.75 Å². The highest BCUT2D eigenvalue weighted by atomic mass is 32.2. The Bertz CT molecular complexity index is 919. The van der Waals surface area contributed by atoms with E-state index in [1.807, 2.05) is 25.1 Å². The minimum atomic E-state index is -3.69. The fraction of sp³-hybridized carbons (Fsp3) is 0.316. The molecule has 0 saturated carbocycles. The lowest BCUT2D eigenvalue weighted by Gasteiger charge is -2.18. The molecule has 1 aliphatic rings. The molecule has 1 amide bonds. The lowest BCUT2D eigenvalue weighted by atomic mass is 10.1. The van der Waals surface area contributed by atoms with E-state index in [0.29, 0.717) is 18.8 Å². The van der Waals surface area contributed by atoms with Gasteiger partial charge in [-0.2, -0.15) is 4.31 Å². The molecular formula is C19H22N2O4S. The molecule has 3 rings (SSSR count). The third-order valence-electron chi connectivity index (χ3n) is 4.50. The number of benzene rings is 2. The van der Waals surface area contributed by atoms with Gasteiger partial charge in [-0.15, -0.1) is 0 Å². The van der Waals surface area contributed by atoms with Crippen molar-refractivity contribution in [2.75, 3.05) is 25.5 Å². The van der Waals surface area contributed by atoms with E-state index in [1.165, 1.54) is 23.5 Å². The van der Waals surface area contributed by atoms with Crippen LogP contribution in [0.25, 0.3) is 0 Å². The lowest BCUT2D eigenvalue weighted by molar-refractivity contribution is 0.102. The lowest BCUT2D eigenvalue weighted by Crippen LogP contribution is -2.28. The molecule has 0 radical (unpaired) electrons. The van der Waals surface area contributed by atoms with E-state index in [0.717, 1.165) is 18.4 Å². The predicted octanol–water partition coefficient (Wildman–Crippen LogP) is 3.04. The molecule has 6 nitrogen and oxygen atoms in total. The van der Waals surface area contributed by atoms with Crippen LogP contribution in [-0.2, 0) is 10.0 Å². The quantitative estimate of drug-likeness (QED) is 0.873. The standard InChI is InChI=1S/C19H22N2O4S/c1-14-7-3-4-8-16(14)20-19(22)15-9-10-17(25-2)18(13-15)26(23,24)21-11-5-6-12-21/h3-4,7-10,13H,5-6,11-12H2,1-2H3,(H,20,22). The van der Waals surface area contributed by atoms with Crippen LogP contribution >= 0.6 is 0 Å². The number of hydrogen-bond donors (Lipinski definition) is 1. The van der Waals surface area contributed by atoms with Crippen molar-refractivity contribution in [2.24, 2.45) is 0 Å². The zero-order valence-corrected chi connectivity index (χ0v) is 15.7. The number of ether oxygens (including phenoxy) is 1. The van der Waals surface area contributed by atoms with Gasteiger partial charge in [0, 0.05) is 24.3 Å². The van der Waals surface area contributed by atoms with Gasteiger partial charge in [-0.3, -0.25) is 4.79 Å². The van der Waals surface area contributed by atoms with Gasteiger partial charge in [0.25, 0.3) is 5.91 Å². The van der Waals surface area contributed by atoms with Gasteiger partial charge >= 0.3 is 0 Å². The van der Waals surface area contributed by atoms with Gasteiger partial charge in [-0.1, -0.05) is 18.2 Å². The van der Waals surface area contributed by atoms with Crippen molar-refractivity contribution < 1.29 is 17.9 Å². The fourth-order valence-corrected chi connectivity index (χ4v) is 4.69. The first-order valence-electron chi connectivity index (χ1n) is 8.48. The maximum Gasteiger partial charge on any atom is 0.255 e. The zero-order chi connectivity index (χ0) is 18.7. The van der Waals surface area contributed by atoms with E-state index in [1.54, 1.807) is 12.1 Å². The molecule has 1 saturated heterocycles. The second-order valence-corrected chi connectivity index (χ2v) is 8.15. The van der Waals surface area contributed by atoms with E-state index in [-0.39, 0.29) is 22.1 Å². The topological polar surface area (TPSA) is 75.7 Å². The van der Waals surface area contributed by atoms with Gasteiger partial charge < -0.3 is 10.1 Å². The Balaban J connectivity index is 1.94. The predicted molar refractivity (Wildman–Crippen MR) is 100 cm³/mol. The molecule has 1 aliphatic heterocycles. The molecule has 0 spiro atoms. The minimum Gasteiger partial charge on any atom is -0.495 e. The van der Waals surface area contributed by atoms with Gasteiger partial charge in [0.15, 0.2) is 0 Å². The van der Waals surface area contributed by atoms with Crippen LogP contribution in [-0.4, -0.2) is 38.8 Å². The molecule has 0 unspecified atom stereocenters. The maximum absolute atomic E-state index is 12.9. The molecule has 1 N–H and O–H groups in total. The number of amides is 1. The Labute approximate surface area is 153 Å².